The van der Waals surface area contributed by atoms with Crippen LogP contribution in [-0.2, 0) is 16.6 Å². The third-order valence-electron chi connectivity index (χ3n) is 7.71. The number of rotatable bonds is 7. The average molecular weight is 617 g/mol. The number of carbonyl (C=O) groups is 2. The predicted molar refractivity (Wildman–Crippen MR) is 154 cm³/mol. The summed E-state index contributed by atoms with van der Waals surface area (Å²) in [4.78, 5) is 26.5. The topological polar surface area (TPSA) is 81.4 Å². The van der Waals surface area contributed by atoms with Crippen molar-refractivity contribution in [3.05, 3.63) is 104 Å². The summed E-state index contributed by atoms with van der Waals surface area (Å²) < 4.78 is 45.7. The standard InChI is InChI=1S/C32H29Cl2F3N2O3/c1-31(2,3)15-19-16-39(27(40)12-8-18-7-10-21(30(41)42)25(35)13-18)29(22-5-4-6-24(34)28(22)37)32(19,17-38)23-11-9-20(33)14-26(23)36/h4-7,9-11,13-14,19,29H,8,12,15-16H2,1-3H3,(H,41,42)/t19-,29-,32-/m0/s1. The van der Waals surface area contributed by atoms with Gasteiger partial charge in [0, 0.05) is 35.0 Å². The zero-order valence-corrected chi connectivity index (χ0v) is 24.7. The lowest BCUT2D eigenvalue weighted by Gasteiger charge is -2.38. The van der Waals surface area contributed by atoms with E-state index in [4.69, 9.17) is 28.3 Å². The third-order valence-corrected chi connectivity index (χ3v) is 8.24. The first-order valence-corrected chi connectivity index (χ1v) is 14.1. The molecule has 10 heteroatoms. The van der Waals surface area contributed by atoms with E-state index < -0.39 is 52.3 Å². The van der Waals surface area contributed by atoms with Crippen LogP contribution in [0.2, 0.25) is 10.0 Å². The van der Waals surface area contributed by atoms with Crippen LogP contribution in [0.1, 0.15) is 66.7 Å². The fourth-order valence-electron chi connectivity index (χ4n) is 6.00. The smallest absolute Gasteiger partial charge is 0.338 e. The van der Waals surface area contributed by atoms with Crippen molar-refractivity contribution in [3.63, 3.8) is 0 Å². The molecule has 4 rings (SSSR count). The number of hydrogen-bond donors (Lipinski definition) is 1. The second-order valence-corrected chi connectivity index (χ2v) is 12.6. The fourth-order valence-corrected chi connectivity index (χ4v) is 6.34. The van der Waals surface area contributed by atoms with Crippen molar-refractivity contribution >= 4 is 35.1 Å². The second-order valence-electron chi connectivity index (χ2n) is 11.8. The van der Waals surface area contributed by atoms with Crippen LogP contribution in [0.5, 0.6) is 0 Å². The van der Waals surface area contributed by atoms with Crippen LogP contribution in [0.3, 0.4) is 0 Å². The summed E-state index contributed by atoms with van der Waals surface area (Å²) >= 11 is 12.2. The summed E-state index contributed by atoms with van der Waals surface area (Å²) in [6, 6.07) is 12.9. The number of benzene rings is 3. The van der Waals surface area contributed by atoms with Crippen LogP contribution in [0.25, 0.3) is 0 Å². The molecular formula is C32H29Cl2F3N2O3. The highest BCUT2D eigenvalue weighted by atomic mass is 35.5. The van der Waals surface area contributed by atoms with Crippen molar-refractivity contribution in [2.75, 3.05) is 6.54 Å². The minimum Gasteiger partial charge on any atom is -0.478 e. The number of nitriles is 1. The SMILES string of the molecule is CC(C)(C)C[C@H]1CN(C(=O)CCc2ccc(C(=O)O)c(F)c2)[C@@H](c2cccc(Cl)c2F)[C@]1(C#N)c1ccc(Cl)cc1F. The van der Waals surface area contributed by atoms with Crippen molar-refractivity contribution < 1.29 is 27.9 Å². The highest BCUT2D eigenvalue weighted by Crippen LogP contribution is 2.56. The van der Waals surface area contributed by atoms with Gasteiger partial charge in [0.05, 0.1) is 22.7 Å². The molecule has 220 valence electrons. The Bertz CT molecular complexity index is 1580. The normalized spacial score (nSPS) is 20.4. The number of amides is 1. The summed E-state index contributed by atoms with van der Waals surface area (Å²) in [6.45, 7) is 5.90. The summed E-state index contributed by atoms with van der Waals surface area (Å²) in [5.74, 6) is -4.99. The summed E-state index contributed by atoms with van der Waals surface area (Å²) in [7, 11) is 0. The quantitative estimate of drug-likeness (QED) is 0.290. The number of aryl methyl sites for hydroxylation is 1. The Kier molecular flexibility index (Phi) is 8.96. The Hall–Kier alpha value is -3.54. The number of aromatic carboxylic acids is 1. The maximum atomic E-state index is 15.7. The Morgan fingerprint density at radius 3 is 2.38 bits per heavy atom. The second kappa shape index (κ2) is 12.0. The van der Waals surface area contributed by atoms with E-state index in [0.717, 1.165) is 18.2 Å². The zero-order valence-electron chi connectivity index (χ0n) is 23.2. The molecule has 0 aromatic heterocycles. The van der Waals surface area contributed by atoms with Gasteiger partial charge < -0.3 is 10.0 Å². The fraction of sp³-hybridized carbons (Fsp3) is 0.344. The monoisotopic (exact) mass is 616 g/mol. The van der Waals surface area contributed by atoms with Gasteiger partial charge in [-0.2, -0.15) is 5.26 Å². The number of carboxylic acids is 1. The zero-order chi connectivity index (χ0) is 31.0. The van der Waals surface area contributed by atoms with Gasteiger partial charge in [-0.25, -0.2) is 18.0 Å². The van der Waals surface area contributed by atoms with E-state index in [1.807, 2.05) is 20.8 Å². The van der Waals surface area contributed by atoms with Crippen LogP contribution in [-0.4, -0.2) is 28.4 Å². The van der Waals surface area contributed by atoms with Crippen LogP contribution in [0.15, 0.2) is 54.6 Å². The van der Waals surface area contributed by atoms with E-state index in [-0.39, 0.29) is 46.0 Å². The lowest BCUT2D eigenvalue weighted by molar-refractivity contribution is -0.132. The Balaban J connectivity index is 1.85. The molecule has 1 fully saturated rings. The van der Waals surface area contributed by atoms with Crippen LogP contribution in [0.4, 0.5) is 13.2 Å². The Labute approximate surface area is 252 Å². The molecule has 0 radical (unpaired) electrons. The van der Waals surface area contributed by atoms with Crippen molar-refractivity contribution in [2.45, 2.75) is 51.5 Å². The molecule has 0 saturated carbocycles. The number of halogens is 5. The molecule has 3 aromatic rings. The number of likely N-dealkylation sites (tertiary alicyclic amines) is 1. The van der Waals surface area contributed by atoms with E-state index in [1.165, 1.54) is 41.3 Å². The summed E-state index contributed by atoms with van der Waals surface area (Å²) in [5, 5.41) is 19.9. The lowest BCUT2D eigenvalue weighted by atomic mass is 9.63. The molecule has 3 aromatic carbocycles. The van der Waals surface area contributed by atoms with Crippen molar-refractivity contribution in [1.82, 2.24) is 4.90 Å². The molecule has 0 unspecified atom stereocenters. The highest BCUT2D eigenvalue weighted by Gasteiger charge is 2.59. The van der Waals surface area contributed by atoms with Crippen LogP contribution >= 0.6 is 23.2 Å². The van der Waals surface area contributed by atoms with Gasteiger partial charge in [0.25, 0.3) is 0 Å². The van der Waals surface area contributed by atoms with Gasteiger partial charge in [0.15, 0.2) is 0 Å². The molecule has 0 aliphatic carbocycles. The number of nitrogens with zero attached hydrogens (tertiary/aromatic N) is 2. The molecule has 1 amide bonds. The minimum absolute atomic E-state index is 0.00495. The van der Waals surface area contributed by atoms with Gasteiger partial charge >= 0.3 is 5.97 Å². The average Bonchev–Trinajstić information content (AvgIpc) is 3.21. The van der Waals surface area contributed by atoms with Gasteiger partial charge in [0.1, 0.15) is 22.9 Å². The van der Waals surface area contributed by atoms with E-state index in [9.17, 15) is 19.2 Å². The third kappa shape index (κ3) is 5.99. The highest BCUT2D eigenvalue weighted by molar-refractivity contribution is 6.31. The van der Waals surface area contributed by atoms with Gasteiger partial charge in [-0.3, -0.25) is 4.79 Å². The lowest BCUT2D eigenvalue weighted by Crippen LogP contribution is -2.41. The molecule has 1 N–H and O–H groups in total. The molecule has 1 saturated heterocycles. The molecule has 3 atom stereocenters. The molecule has 1 aliphatic heterocycles. The Morgan fingerprint density at radius 2 is 1.79 bits per heavy atom. The minimum atomic E-state index is -1.71. The number of hydrogen-bond acceptors (Lipinski definition) is 3. The van der Waals surface area contributed by atoms with Crippen LogP contribution in [0, 0.1) is 40.1 Å². The maximum absolute atomic E-state index is 15.7. The van der Waals surface area contributed by atoms with Crippen molar-refractivity contribution in [1.29, 1.82) is 5.26 Å². The molecule has 0 spiro atoms. The van der Waals surface area contributed by atoms with Crippen molar-refractivity contribution in [3.8, 4) is 6.07 Å². The van der Waals surface area contributed by atoms with Gasteiger partial charge in [-0.15, -0.1) is 0 Å². The Morgan fingerprint density at radius 1 is 1.07 bits per heavy atom. The van der Waals surface area contributed by atoms with Crippen molar-refractivity contribution in [2.24, 2.45) is 11.3 Å². The van der Waals surface area contributed by atoms with Gasteiger partial charge in [-0.1, -0.05) is 68.2 Å². The molecule has 5 nitrogen and oxygen atoms in total. The number of carbonyl (C=O) groups excluding carboxylic acids is 1. The van der Waals surface area contributed by atoms with E-state index in [0.29, 0.717) is 12.0 Å². The van der Waals surface area contributed by atoms with Crippen LogP contribution < -0.4 is 0 Å². The number of carboxylic acid groups (broad SMARTS) is 1. The van der Waals surface area contributed by atoms with Gasteiger partial charge in [-0.05, 0) is 54.2 Å². The first-order chi connectivity index (χ1) is 19.7. The summed E-state index contributed by atoms with van der Waals surface area (Å²) in [5.41, 5.74) is -2.20. The maximum Gasteiger partial charge on any atom is 0.338 e. The first-order valence-electron chi connectivity index (χ1n) is 13.3. The van der Waals surface area contributed by atoms with Gasteiger partial charge in [0.2, 0.25) is 5.91 Å². The first kappa shape index (κ1) is 31.4. The largest absolute Gasteiger partial charge is 0.478 e. The molecular weight excluding hydrogens is 588 g/mol. The summed E-state index contributed by atoms with van der Waals surface area (Å²) in [6.07, 6.45) is 0.292. The predicted octanol–water partition coefficient (Wildman–Crippen LogP) is 8.14. The molecule has 1 heterocycles. The molecule has 1 aliphatic rings. The molecule has 42 heavy (non-hydrogen) atoms. The molecule has 0 bridgehead atoms. The van der Waals surface area contributed by atoms with E-state index in [2.05, 4.69) is 6.07 Å². The van der Waals surface area contributed by atoms with E-state index in [1.54, 1.807) is 0 Å². The van der Waals surface area contributed by atoms with E-state index >= 15 is 8.78 Å².